The second-order valence-corrected chi connectivity index (χ2v) is 7.68. The van der Waals surface area contributed by atoms with E-state index >= 15 is 0 Å². The van der Waals surface area contributed by atoms with Crippen LogP contribution in [0.15, 0.2) is 24.7 Å². The van der Waals surface area contributed by atoms with Crippen molar-refractivity contribution in [1.82, 2.24) is 19.9 Å². The van der Waals surface area contributed by atoms with Gasteiger partial charge in [0.2, 0.25) is 0 Å². The van der Waals surface area contributed by atoms with Crippen LogP contribution in [0.1, 0.15) is 56.0 Å². The van der Waals surface area contributed by atoms with Crippen LogP contribution in [0.2, 0.25) is 0 Å². The van der Waals surface area contributed by atoms with Crippen LogP contribution < -0.4 is 9.80 Å². The molecule has 142 valence electrons. The molecule has 0 spiro atoms. The van der Waals surface area contributed by atoms with Crippen molar-refractivity contribution >= 4 is 11.6 Å². The molecular weight excluding hydrogens is 350 g/mol. The van der Waals surface area contributed by atoms with Gasteiger partial charge in [-0.2, -0.15) is 0 Å². The molecule has 2 aliphatic carbocycles. The summed E-state index contributed by atoms with van der Waals surface area (Å²) in [6.45, 7) is 1.58. The van der Waals surface area contributed by atoms with Gasteiger partial charge in [-0.15, -0.1) is 0 Å². The minimum absolute atomic E-state index is 0.153. The largest absolute Gasteiger partial charge is 0.354 e. The smallest absolute Gasteiger partial charge is 0.280 e. The van der Waals surface area contributed by atoms with Gasteiger partial charge in [-0.1, -0.05) is 0 Å². The molecule has 5 rings (SSSR count). The van der Waals surface area contributed by atoms with Gasteiger partial charge in [-0.05, 0) is 38.2 Å². The Labute approximate surface area is 156 Å². The number of nitrogens with zero attached hydrogens (tertiary/aromatic N) is 6. The molecule has 2 saturated carbocycles. The molecule has 0 radical (unpaired) electrons. The van der Waals surface area contributed by atoms with Crippen molar-refractivity contribution in [1.29, 1.82) is 0 Å². The van der Waals surface area contributed by atoms with Gasteiger partial charge < -0.3 is 9.80 Å². The molecule has 1 unspecified atom stereocenters. The lowest BCUT2D eigenvalue weighted by molar-refractivity contribution is 0.145. The lowest BCUT2D eigenvalue weighted by atomic mass is 10.2. The topological polar surface area (TPSA) is 58.0 Å². The summed E-state index contributed by atoms with van der Waals surface area (Å²) < 4.78 is 26.6. The molecule has 3 fully saturated rings. The summed E-state index contributed by atoms with van der Waals surface area (Å²) in [5.41, 5.74) is -0.153. The highest BCUT2D eigenvalue weighted by molar-refractivity contribution is 5.47. The van der Waals surface area contributed by atoms with E-state index in [1.807, 2.05) is 6.07 Å². The molecular formula is C19H22F2N6. The molecule has 2 aromatic heterocycles. The summed E-state index contributed by atoms with van der Waals surface area (Å²) in [5, 5.41) is 0. The first-order valence-corrected chi connectivity index (χ1v) is 9.65. The van der Waals surface area contributed by atoms with Gasteiger partial charge in [0.1, 0.15) is 29.5 Å². The quantitative estimate of drug-likeness (QED) is 0.775. The predicted molar refractivity (Wildman–Crippen MR) is 97.1 cm³/mol. The second-order valence-electron chi connectivity index (χ2n) is 7.68. The van der Waals surface area contributed by atoms with Gasteiger partial charge in [-0.25, -0.2) is 28.7 Å². The van der Waals surface area contributed by atoms with Gasteiger partial charge in [0, 0.05) is 43.4 Å². The maximum atomic E-state index is 13.3. The fourth-order valence-corrected chi connectivity index (χ4v) is 3.91. The van der Waals surface area contributed by atoms with Crippen molar-refractivity contribution in [3.05, 3.63) is 36.2 Å². The van der Waals surface area contributed by atoms with Crippen LogP contribution in [0, 0.1) is 0 Å². The summed E-state index contributed by atoms with van der Waals surface area (Å²) in [7, 11) is 0. The summed E-state index contributed by atoms with van der Waals surface area (Å²) in [4.78, 5) is 21.7. The number of alkyl halides is 2. The molecule has 27 heavy (non-hydrogen) atoms. The molecule has 1 atom stereocenters. The lowest BCUT2D eigenvalue weighted by Gasteiger charge is -2.30. The van der Waals surface area contributed by atoms with Crippen LogP contribution in [0.3, 0.4) is 0 Å². The Morgan fingerprint density at radius 1 is 1.07 bits per heavy atom. The Bertz CT molecular complexity index is 789. The van der Waals surface area contributed by atoms with Gasteiger partial charge in [-0.3, -0.25) is 0 Å². The van der Waals surface area contributed by atoms with Gasteiger partial charge in [0.15, 0.2) is 0 Å². The lowest BCUT2D eigenvalue weighted by Crippen LogP contribution is -2.40. The van der Waals surface area contributed by atoms with Crippen molar-refractivity contribution in [2.75, 3.05) is 22.9 Å². The zero-order valence-electron chi connectivity index (χ0n) is 15.0. The van der Waals surface area contributed by atoms with Crippen LogP contribution >= 0.6 is 0 Å². The highest BCUT2D eigenvalue weighted by Crippen LogP contribution is 2.40. The number of anilines is 2. The predicted octanol–water partition coefficient (Wildman–Crippen LogP) is 3.33. The van der Waals surface area contributed by atoms with E-state index in [2.05, 4.69) is 29.7 Å². The SMILES string of the molecule is FC(F)c1cc(N2CCC(N(c3ccncn3)C3CC3)C2)nc(C2CC2)n1. The monoisotopic (exact) mass is 372 g/mol. The van der Waals surface area contributed by atoms with E-state index < -0.39 is 6.43 Å². The minimum Gasteiger partial charge on any atom is -0.354 e. The minimum atomic E-state index is -2.56. The Hall–Kier alpha value is -2.38. The van der Waals surface area contributed by atoms with Gasteiger partial charge in [0.05, 0.1) is 0 Å². The Kier molecular flexibility index (Phi) is 4.13. The van der Waals surface area contributed by atoms with Crippen molar-refractivity contribution in [3.8, 4) is 0 Å². The van der Waals surface area contributed by atoms with Crippen LogP contribution in [0.25, 0.3) is 0 Å². The number of rotatable bonds is 6. The molecule has 3 heterocycles. The molecule has 1 saturated heterocycles. The molecule has 0 bridgehead atoms. The third-order valence-corrected chi connectivity index (χ3v) is 5.57. The standard InChI is InChI=1S/C19H22F2N6/c20-18(21)15-9-17(25-19(24-15)12-1-2-12)26-8-6-14(10-26)27(13-3-4-13)16-5-7-22-11-23-16/h5,7,9,11-14,18H,1-4,6,8,10H2. The highest BCUT2D eigenvalue weighted by atomic mass is 19.3. The van der Waals surface area contributed by atoms with Crippen LogP contribution in [-0.2, 0) is 0 Å². The first-order valence-electron chi connectivity index (χ1n) is 9.65. The van der Waals surface area contributed by atoms with Crippen LogP contribution in [-0.4, -0.2) is 45.1 Å². The Morgan fingerprint density at radius 2 is 1.93 bits per heavy atom. The van der Waals surface area contributed by atoms with Crippen LogP contribution in [0.5, 0.6) is 0 Å². The fraction of sp³-hybridized carbons (Fsp3) is 0.579. The normalized spacial score (nSPS) is 22.5. The zero-order chi connectivity index (χ0) is 18.4. The summed E-state index contributed by atoms with van der Waals surface area (Å²) in [6, 6.07) is 4.24. The van der Waals surface area contributed by atoms with Crippen molar-refractivity contribution in [2.45, 2.75) is 56.5 Å². The van der Waals surface area contributed by atoms with Gasteiger partial charge in [0.25, 0.3) is 6.43 Å². The third kappa shape index (κ3) is 3.44. The molecule has 0 N–H and O–H groups in total. The third-order valence-electron chi connectivity index (χ3n) is 5.57. The molecule has 0 aromatic carbocycles. The average molecular weight is 372 g/mol. The Balaban J connectivity index is 1.39. The van der Waals surface area contributed by atoms with E-state index in [4.69, 9.17) is 0 Å². The van der Waals surface area contributed by atoms with Gasteiger partial charge >= 0.3 is 0 Å². The molecule has 1 aliphatic heterocycles. The molecule has 0 amide bonds. The number of halogens is 2. The van der Waals surface area contributed by atoms with Crippen molar-refractivity contribution < 1.29 is 8.78 Å². The van der Waals surface area contributed by atoms with Crippen molar-refractivity contribution in [2.24, 2.45) is 0 Å². The summed E-state index contributed by atoms with van der Waals surface area (Å²) >= 11 is 0. The molecule has 3 aliphatic rings. The molecule has 2 aromatic rings. The molecule has 6 nitrogen and oxygen atoms in total. The number of hydrogen-bond acceptors (Lipinski definition) is 6. The maximum Gasteiger partial charge on any atom is 0.280 e. The van der Waals surface area contributed by atoms with Crippen LogP contribution in [0.4, 0.5) is 20.4 Å². The number of hydrogen-bond donors (Lipinski definition) is 0. The number of aromatic nitrogens is 4. The first-order chi connectivity index (χ1) is 13.2. The average Bonchev–Trinajstić information content (AvgIpc) is 3.61. The van der Waals surface area contributed by atoms with E-state index in [1.54, 1.807) is 12.5 Å². The van der Waals surface area contributed by atoms with E-state index in [0.717, 1.165) is 38.2 Å². The highest BCUT2D eigenvalue weighted by Gasteiger charge is 2.39. The zero-order valence-corrected chi connectivity index (χ0v) is 15.0. The summed E-state index contributed by atoms with van der Waals surface area (Å²) in [6.07, 6.45) is 6.10. The second kappa shape index (κ2) is 6.65. The van der Waals surface area contributed by atoms with E-state index in [1.165, 1.54) is 18.9 Å². The van der Waals surface area contributed by atoms with E-state index in [0.29, 0.717) is 23.7 Å². The fourth-order valence-electron chi connectivity index (χ4n) is 3.91. The first kappa shape index (κ1) is 16.8. The van der Waals surface area contributed by atoms with E-state index in [-0.39, 0.29) is 11.6 Å². The Morgan fingerprint density at radius 3 is 2.59 bits per heavy atom. The molecule has 8 heteroatoms. The van der Waals surface area contributed by atoms with E-state index in [9.17, 15) is 8.78 Å². The summed E-state index contributed by atoms with van der Waals surface area (Å²) in [5.74, 6) is 2.43. The van der Waals surface area contributed by atoms with Crippen molar-refractivity contribution in [3.63, 3.8) is 0 Å². The maximum absolute atomic E-state index is 13.3.